The van der Waals surface area contributed by atoms with Crippen LogP contribution in [0.4, 0.5) is 11.4 Å². The van der Waals surface area contributed by atoms with Crippen molar-refractivity contribution in [3.8, 4) is 6.19 Å². The molecule has 1 atom stereocenters. The van der Waals surface area contributed by atoms with Crippen LogP contribution in [0.25, 0.3) is 0 Å². The highest BCUT2D eigenvalue weighted by atomic mass is 35.5. The van der Waals surface area contributed by atoms with Crippen LogP contribution in [0.5, 0.6) is 0 Å². The number of nitriles is 1. The first-order valence-corrected chi connectivity index (χ1v) is 9.88. The van der Waals surface area contributed by atoms with Crippen LogP contribution >= 0.6 is 46.6 Å². The van der Waals surface area contributed by atoms with Crippen molar-refractivity contribution < 1.29 is 9.59 Å². The number of nitrogens with one attached hydrogen (secondary N) is 1. The number of rotatable bonds is 3. The Balaban J connectivity index is 1.85. The number of benzene rings is 2. The number of anilines is 1. The summed E-state index contributed by atoms with van der Waals surface area (Å²) >= 11 is 19.0. The van der Waals surface area contributed by atoms with Gasteiger partial charge < -0.3 is 0 Å². The molecule has 0 saturated carbocycles. The summed E-state index contributed by atoms with van der Waals surface area (Å²) in [5.74, 6) is -0.838. The van der Waals surface area contributed by atoms with Crippen molar-refractivity contribution in [1.82, 2.24) is 5.32 Å². The zero-order valence-corrected chi connectivity index (χ0v) is 17.1. The maximum Gasteiger partial charge on any atom is 0.247 e. The normalized spacial score (nSPS) is 17.0. The topological polar surface area (TPSA) is 85.6 Å². The molecular weight excluding hydrogens is 443 g/mol. The van der Waals surface area contributed by atoms with Gasteiger partial charge in [-0.1, -0.05) is 58.7 Å². The number of amidine groups is 1. The molecule has 1 unspecified atom stereocenters. The Morgan fingerprint density at radius 1 is 1.18 bits per heavy atom. The average molecular weight is 454 g/mol. The molecule has 2 aromatic rings. The summed E-state index contributed by atoms with van der Waals surface area (Å²) in [7, 11) is 0. The number of nitrogens with zero attached hydrogens (tertiary/aromatic N) is 3. The van der Waals surface area contributed by atoms with E-state index in [9.17, 15) is 9.59 Å². The molecule has 0 aliphatic carbocycles. The van der Waals surface area contributed by atoms with Gasteiger partial charge in [0.2, 0.25) is 11.8 Å². The number of para-hydroxylation sites is 1. The summed E-state index contributed by atoms with van der Waals surface area (Å²) in [6.45, 7) is 0. The molecule has 1 fully saturated rings. The van der Waals surface area contributed by atoms with Gasteiger partial charge in [0.15, 0.2) is 11.4 Å². The van der Waals surface area contributed by atoms with E-state index in [0.29, 0.717) is 26.4 Å². The van der Waals surface area contributed by atoms with Gasteiger partial charge in [-0.05, 0) is 30.3 Å². The molecule has 142 valence electrons. The van der Waals surface area contributed by atoms with Crippen molar-refractivity contribution in [1.29, 1.82) is 5.26 Å². The predicted octanol–water partition coefficient (Wildman–Crippen LogP) is 4.77. The van der Waals surface area contributed by atoms with Crippen LogP contribution in [0, 0.1) is 11.5 Å². The third-order valence-electron chi connectivity index (χ3n) is 3.70. The maximum atomic E-state index is 12.8. The number of aliphatic imine (C=N–C) groups is 1. The summed E-state index contributed by atoms with van der Waals surface area (Å²) in [6.07, 6.45) is 1.72. The van der Waals surface area contributed by atoms with Crippen molar-refractivity contribution >= 4 is 74.9 Å². The molecule has 10 heteroatoms. The van der Waals surface area contributed by atoms with Crippen LogP contribution in [-0.4, -0.2) is 22.2 Å². The third-order valence-corrected chi connectivity index (χ3v) is 5.53. The Kier molecular flexibility index (Phi) is 6.47. The van der Waals surface area contributed by atoms with Gasteiger partial charge in [-0.2, -0.15) is 5.26 Å². The van der Waals surface area contributed by atoms with Crippen LogP contribution in [0.15, 0.2) is 47.5 Å². The van der Waals surface area contributed by atoms with E-state index in [4.69, 9.17) is 40.1 Å². The molecule has 2 amide bonds. The fourth-order valence-corrected chi connectivity index (χ4v) is 4.20. The van der Waals surface area contributed by atoms with Gasteiger partial charge in [-0.15, -0.1) is 0 Å². The summed E-state index contributed by atoms with van der Waals surface area (Å²) in [5.41, 5.74) is 0.734. The minimum Gasteiger partial charge on any atom is -0.274 e. The second-order valence-corrected chi connectivity index (χ2v) is 8.08. The molecule has 2 aromatic carbocycles. The van der Waals surface area contributed by atoms with Crippen molar-refractivity contribution in [2.75, 3.05) is 4.90 Å². The van der Waals surface area contributed by atoms with Crippen LogP contribution in [0.3, 0.4) is 0 Å². The van der Waals surface area contributed by atoms with E-state index in [1.165, 1.54) is 18.2 Å². The summed E-state index contributed by atoms with van der Waals surface area (Å²) in [4.78, 5) is 30.6. The van der Waals surface area contributed by atoms with E-state index in [-0.39, 0.29) is 11.6 Å². The van der Waals surface area contributed by atoms with Gasteiger partial charge in [0, 0.05) is 16.5 Å². The lowest BCUT2D eigenvalue weighted by atomic mass is 10.3. The van der Waals surface area contributed by atoms with Crippen molar-refractivity contribution in [2.45, 2.75) is 11.7 Å². The molecule has 3 rings (SSSR count). The number of carbonyl (C=O) groups excluding carboxylic acids is 2. The Labute approximate surface area is 180 Å². The number of carbonyl (C=O) groups is 2. The highest BCUT2D eigenvalue weighted by molar-refractivity contribution is 8.15. The molecule has 0 bridgehead atoms. The van der Waals surface area contributed by atoms with Gasteiger partial charge in [0.05, 0.1) is 16.4 Å². The molecular formula is C18H11Cl3N4O2S. The summed E-state index contributed by atoms with van der Waals surface area (Å²) < 4.78 is 0. The monoisotopic (exact) mass is 452 g/mol. The van der Waals surface area contributed by atoms with Crippen LogP contribution in [0.2, 0.25) is 15.1 Å². The Hall–Kier alpha value is -2.24. The minimum absolute atomic E-state index is 0.0533. The predicted molar refractivity (Wildman–Crippen MR) is 112 cm³/mol. The Bertz CT molecular complexity index is 1000. The fraction of sp³-hybridized carbons (Fsp3) is 0.111. The first-order valence-electron chi connectivity index (χ1n) is 7.87. The van der Waals surface area contributed by atoms with Crippen LogP contribution < -0.4 is 10.2 Å². The van der Waals surface area contributed by atoms with Crippen molar-refractivity contribution in [3.63, 3.8) is 0 Å². The van der Waals surface area contributed by atoms with Crippen LogP contribution in [0.1, 0.15) is 6.42 Å². The standard InChI is InChI=1S/C18H11Cl3N4O2S/c19-10-5-11(20)7-12(6-10)25-16(26)8-15(17(25)27)28-18(23-9-22)24-14-4-2-1-3-13(14)21/h1-7,15H,8H2,(H,23,24). The molecule has 1 aliphatic rings. The Morgan fingerprint density at radius 3 is 2.50 bits per heavy atom. The molecule has 1 heterocycles. The smallest absolute Gasteiger partial charge is 0.247 e. The summed E-state index contributed by atoms with van der Waals surface area (Å²) in [6, 6.07) is 11.3. The van der Waals surface area contributed by atoms with Crippen molar-refractivity contribution in [2.24, 2.45) is 4.99 Å². The lowest BCUT2D eigenvalue weighted by Crippen LogP contribution is -2.32. The number of halogens is 3. The van der Waals surface area contributed by atoms with E-state index < -0.39 is 17.1 Å². The number of imide groups is 1. The van der Waals surface area contributed by atoms with Gasteiger partial charge >= 0.3 is 0 Å². The first-order chi connectivity index (χ1) is 13.4. The molecule has 1 aliphatic heterocycles. The third kappa shape index (κ3) is 4.59. The van der Waals surface area contributed by atoms with E-state index in [1.54, 1.807) is 30.5 Å². The van der Waals surface area contributed by atoms with Gasteiger partial charge in [0.25, 0.3) is 0 Å². The summed E-state index contributed by atoms with van der Waals surface area (Å²) in [5, 5.41) is 11.8. The van der Waals surface area contributed by atoms with Gasteiger partial charge in [0.1, 0.15) is 5.25 Å². The minimum atomic E-state index is -0.757. The quantitative estimate of drug-likeness (QED) is 0.238. The lowest BCUT2D eigenvalue weighted by Gasteiger charge is -2.15. The zero-order valence-electron chi connectivity index (χ0n) is 14.0. The van der Waals surface area contributed by atoms with E-state index in [1.807, 2.05) is 0 Å². The van der Waals surface area contributed by atoms with Gasteiger partial charge in [-0.3, -0.25) is 14.9 Å². The van der Waals surface area contributed by atoms with E-state index in [2.05, 4.69) is 10.3 Å². The Morgan fingerprint density at radius 2 is 1.86 bits per heavy atom. The van der Waals surface area contributed by atoms with Crippen molar-refractivity contribution in [3.05, 3.63) is 57.5 Å². The molecule has 0 radical (unpaired) electrons. The number of amides is 2. The highest BCUT2D eigenvalue weighted by Gasteiger charge is 2.41. The number of hydrogen-bond acceptors (Lipinski definition) is 5. The average Bonchev–Trinajstić information content (AvgIpc) is 2.90. The van der Waals surface area contributed by atoms with Crippen LogP contribution in [-0.2, 0) is 9.59 Å². The molecule has 1 saturated heterocycles. The molecule has 6 nitrogen and oxygen atoms in total. The second-order valence-electron chi connectivity index (χ2n) is 5.61. The maximum absolute atomic E-state index is 12.8. The largest absolute Gasteiger partial charge is 0.274 e. The molecule has 1 N–H and O–H groups in total. The number of hydrogen-bond donors (Lipinski definition) is 1. The van der Waals surface area contributed by atoms with E-state index in [0.717, 1.165) is 16.7 Å². The SMILES string of the molecule is N#CNC(=Nc1ccccc1Cl)SC1CC(=O)N(c2cc(Cl)cc(Cl)c2)C1=O. The molecule has 0 spiro atoms. The first kappa shape index (κ1) is 20.5. The fourth-order valence-electron chi connectivity index (χ4n) is 2.55. The molecule has 28 heavy (non-hydrogen) atoms. The second kappa shape index (κ2) is 8.84. The highest BCUT2D eigenvalue weighted by Crippen LogP contribution is 2.34. The zero-order chi connectivity index (χ0) is 20.3. The number of thioether (sulfide) groups is 1. The lowest BCUT2D eigenvalue weighted by molar-refractivity contribution is -0.121. The van der Waals surface area contributed by atoms with Gasteiger partial charge in [-0.25, -0.2) is 9.89 Å². The molecule has 0 aromatic heterocycles. The van der Waals surface area contributed by atoms with E-state index >= 15 is 0 Å².